The van der Waals surface area contributed by atoms with Crippen molar-refractivity contribution < 1.29 is 17.9 Å². The van der Waals surface area contributed by atoms with Gasteiger partial charge in [-0.1, -0.05) is 13.0 Å². The molecular weight excluding hydrogens is 287 g/mol. The van der Waals surface area contributed by atoms with Crippen LogP contribution in [0.5, 0.6) is 0 Å². The zero-order valence-corrected chi connectivity index (χ0v) is 12.5. The summed E-state index contributed by atoms with van der Waals surface area (Å²) >= 11 is 1.45. The van der Waals surface area contributed by atoms with Crippen molar-refractivity contribution in [3.63, 3.8) is 0 Å². The van der Waals surface area contributed by atoms with Crippen LogP contribution in [0.2, 0.25) is 0 Å². The van der Waals surface area contributed by atoms with Crippen molar-refractivity contribution in [1.82, 2.24) is 5.32 Å². The largest absolute Gasteiger partial charge is 0.416 e. The molecule has 20 heavy (non-hydrogen) atoms. The highest BCUT2D eigenvalue weighted by atomic mass is 32.2. The molecule has 6 heteroatoms. The van der Waals surface area contributed by atoms with Crippen molar-refractivity contribution >= 4 is 11.8 Å². The summed E-state index contributed by atoms with van der Waals surface area (Å²) in [6, 6.07) is 4.55. The maximum Gasteiger partial charge on any atom is 0.416 e. The molecule has 0 atom stereocenters. The van der Waals surface area contributed by atoms with Gasteiger partial charge in [-0.15, -0.1) is 11.8 Å². The van der Waals surface area contributed by atoms with E-state index in [0.717, 1.165) is 12.2 Å². The third-order valence-electron chi connectivity index (χ3n) is 2.66. The predicted molar refractivity (Wildman–Crippen MR) is 76.0 cm³/mol. The number of hydrogen-bond acceptors (Lipinski definition) is 3. The van der Waals surface area contributed by atoms with Crippen molar-refractivity contribution in [3.8, 4) is 0 Å². The minimum atomic E-state index is -4.32. The minimum Gasteiger partial charge on any atom is -0.383 e. The minimum absolute atomic E-state index is 0.191. The molecule has 0 aliphatic carbocycles. The zero-order chi connectivity index (χ0) is 15.0. The first-order valence-electron chi connectivity index (χ1n) is 6.51. The number of rotatable bonds is 8. The Labute approximate surface area is 122 Å². The summed E-state index contributed by atoms with van der Waals surface area (Å²) in [6.45, 7) is 3.20. The van der Waals surface area contributed by atoms with Crippen LogP contribution in [0.25, 0.3) is 0 Å². The quantitative estimate of drug-likeness (QED) is 0.580. The van der Waals surface area contributed by atoms with Gasteiger partial charge in [-0.3, -0.25) is 0 Å². The first kappa shape index (κ1) is 17.3. The number of benzene rings is 1. The van der Waals surface area contributed by atoms with E-state index < -0.39 is 11.7 Å². The number of hydrogen-bond donors (Lipinski definition) is 1. The van der Waals surface area contributed by atoms with Crippen LogP contribution in [0, 0.1) is 0 Å². The van der Waals surface area contributed by atoms with Crippen molar-refractivity contribution in [2.75, 3.05) is 26.0 Å². The molecule has 1 N–H and O–H groups in total. The number of nitrogens with one attached hydrogen (secondary N) is 1. The van der Waals surface area contributed by atoms with Crippen molar-refractivity contribution in [2.45, 2.75) is 31.0 Å². The lowest BCUT2D eigenvalue weighted by molar-refractivity contribution is -0.138. The molecule has 0 amide bonds. The van der Waals surface area contributed by atoms with Crippen LogP contribution in [-0.4, -0.2) is 26.0 Å². The molecule has 1 aromatic rings. The van der Waals surface area contributed by atoms with Crippen LogP contribution < -0.4 is 5.32 Å². The molecule has 0 radical (unpaired) electrons. The van der Waals surface area contributed by atoms with Gasteiger partial charge >= 0.3 is 6.18 Å². The zero-order valence-electron chi connectivity index (χ0n) is 11.7. The molecule has 0 unspecified atom stereocenters. The average Bonchev–Trinajstić information content (AvgIpc) is 2.41. The van der Waals surface area contributed by atoms with Crippen LogP contribution in [0.4, 0.5) is 13.2 Å². The molecule has 114 valence electrons. The van der Waals surface area contributed by atoms with E-state index in [1.54, 1.807) is 19.2 Å². The lowest BCUT2D eigenvalue weighted by atomic mass is 10.1. The van der Waals surface area contributed by atoms with Crippen LogP contribution in [0.3, 0.4) is 0 Å². The fraction of sp³-hybridized carbons (Fsp3) is 0.571. The Bertz CT molecular complexity index is 410. The van der Waals surface area contributed by atoms with E-state index in [2.05, 4.69) is 5.32 Å². The second kappa shape index (κ2) is 8.54. The molecule has 0 saturated carbocycles. The molecule has 2 nitrogen and oxygen atoms in total. The van der Waals surface area contributed by atoms with E-state index in [1.807, 2.05) is 6.92 Å². The van der Waals surface area contributed by atoms with E-state index in [0.29, 0.717) is 18.0 Å². The second-order valence-corrected chi connectivity index (χ2v) is 5.50. The van der Waals surface area contributed by atoms with E-state index in [9.17, 15) is 13.2 Å². The normalized spacial score (nSPS) is 11.8. The molecule has 0 heterocycles. The van der Waals surface area contributed by atoms with Gasteiger partial charge < -0.3 is 10.1 Å². The fourth-order valence-electron chi connectivity index (χ4n) is 1.68. The molecule has 0 saturated heterocycles. The van der Waals surface area contributed by atoms with E-state index in [1.165, 1.54) is 17.8 Å². The maximum absolute atomic E-state index is 13.1. The Kier molecular flexibility index (Phi) is 7.40. The highest BCUT2D eigenvalue weighted by molar-refractivity contribution is 7.99. The molecule has 0 fully saturated rings. The van der Waals surface area contributed by atoms with Crippen molar-refractivity contribution in [3.05, 3.63) is 29.3 Å². The third kappa shape index (κ3) is 5.73. The van der Waals surface area contributed by atoms with Crippen molar-refractivity contribution in [1.29, 1.82) is 0 Å². The average molecular weight is 307 g/mol. The summed E-state index contributed by atoms with van der Waals surface area (Å²) in [5.41, 5.74) is -0.280. The summed E-state index contributed by atoms with van der Waals surface area (Å²) in [5, 5.41) is 2.95. The van der Waals surface area contributed by atoms with Gasteiger partial charge in [-0.05, 0) is 29.9 Å². The Morgan fingerprint density at radius 1 is 1.30 bits per heavy atom. The van der Waals surface area contributed by atoms with Crippen LogP contribution >= 0.6 is 11.8 Å². The number of alkyl halides is 3. The number of thioether (sulfide) groups is 1. The van der Waals surface area contributed by atoms with E-state index in [-0.39, 0.29) is 12.1 Å². The highest BCUT2D eigenvalue weighted by Gasteiger charge is 2.33. The van der Waals surface area contributed by atoms with Gasteiger partial charge in [0, 0.05) is 25.1 Å². The van der Waals surface area contributed by atoms with Gasteiger partial charge in [-0.2, -0.15) is 13.2 Å². The Morgan fingerprint density at radius 2 is 2.05 bits per heavy atom. The molecule has 0 spiro atoms. The Hall–Kier alpha value is -0.720. The second-order valence-electron chi connectivity index (χ2n) is 4.33. The summed E-state index contributed by atoms with van der Waals surface area (Å²) < 4.78 is 44.0. The van der Waals surface area contributed by atoms with Gasteiger partial charge in [0.05, 0.1) is 12.2 Å². The molecular formula is C14H20F3NOS. The number of methoxy groups -OCH3 is 1. The van der Waals surface area contributed by atoms with Crippen LogP contribution in [0.15, 0.2) is 23.1 Å². The molecule has 1 aromatic carbocycles. The van der Waals surface area contributed by atoms with Crippen LogP contribution in [0.1, 0.15) is 24.5 Å². The third-order valence-corrected chi connectivity index (χ3v) is 3.86. The number of ether oxygens (including phenoxy) is 1. The maximum atomic E-state index is 13.1. The molecule has 0 aliphatic heterocycles. The first-order chi connectivity index (χ1) is 9.49. The lowest BCUT2D eigenvalue weighted by Crippen LogP contribution is -2.21. The molecule has 0 bridgehead atoms. The summed E-state index contributed by atoms with van der Waals surface area (Å²) in [7, 11) is 1.56. The molecule has 0 aromatic heterocycles. The van der Waals surface area contributed by atoms with E-state index in [4.69, 9.17) is 4.74 Å². The monoisotopic (exact) mass is 307 g/mol. The number of halogens is 3. The summed E-state index contributed by atoms with van der Waals surface area (Å²) in [4.78, 5) is 0.666. The van der Waals surface area contributed by atoms with Crippen LogP contribution in [-0.2, 0) is 17.5 Å². The van der Waals surface area contributed by atoms with Gasteiger partial charge in [-0.25, -0.2) is 0 Å². The summed E-state index contributed by atoms with van der Waals surface area (Å²) in [6.07, 6.45) is -3.38. The smallest absolute Gasteiger partial charge is 0.383 e. The standard InChI is InChI=1S/C14H20F3NOS/c1-3-8-20-12-5-4-11(10-18-6-7-19-2)13(9-12)14(15,16)17/h4-5,9,18H,3,6-8,10H2,1-2H3. The van der Waals surface area contributed by atoms with Gasteiger partial charge in [0.15, 0.2) is 0 Å². The van der Waals surface area contributed by atoms with Gasteiger partial charge in [0.1, 0.15) is 0 Å². The van der Waals surface area contributed by atoms with Gasteiger partial charge in [0.25, 0.3) is 0 Å². The Morgan fingerprint density at radius 3 is 2.65 bits per heavy atom. The van der Waals surface area contributed by atoms with Gasteiger partial charge in [0.2, 0.25) is 0 Å². The topological polar surface area (TPSA) is 21.3 Å². The Balaban J connectivity index is 2.81. The SMILES string of the molecule is CCCSc1ccc(CNCCOC)c(C(F)(F)F)c1. The highest BCUT2D eigenvalue weighted by Crippen LogP contribution is 2.34. The molecule has 1 rings (SSSR count). The van der Waals surface area contributed by atoms with E-state index >= 15 is 0 Å². The first-order valence-corrected chi connectivity index (χ1v) is 7.50. The van der Waals surface area contributed by atoms with Crippen molar-refractivity contribution in [2.24, 2.45) is 0 Å². The summed E-state index contributed by atoms with van der Waals surface area (Å²) in [5.74, 6) is 0.822. The predicted octanol–water partition coefficient (Wildman–Crippen LogP) is 3.94. The fourth-order valence-corrected chi connectivity index (χ4v) is 2.49. The molecule has 0 aliphatic rings. The lowest BCUT2D eigenvalue weighted by Gasteiger charge is -2.15.